The summed E-state index contributed by atoms with van der Waals surface area (Å²) in [4.78, 5) is 11.9. The zero-order valence-electron chi connectivity index (χ0n) is 10.2. The van der Waals surface area contributed by atoms with Gasteiger partial charge in [0.05, 0.1) is 6.61 Å². The van der Waals surface area contributed by atoms with Gasteiger partial charge in [-0.1, -0.05) is 19.3 Å². The molecule has 1 heterocycles. The van der Waals surface area contributed by atoms with E-state index < -0.39 is 0 Å². The standard InChI is InChI=1S/C13H18BrNO3/c14-11-5-4-10(18-11)12(17)15-8-13(9-16)6-2-1-3-7-13/h4-5,16H,1-3,6-9H2,(H,15,17). The molecule has 1 aromatic rings. The predicted molar refractivity (Wildman–Crippen MR) is 71.3 cm³/mol. The van der Waals surface area contributed by atoms with E-state index in [1.54, 1.807) is 12.1 Å². The van der Waals surface area contributed by atoms with Gasteiger partial charge in [-0.05, 0) is 40.9 Å². The molecule has 0 aliphatic heterocycles. The Labute approximate surface area is 115 Å². The summed E-state index contributed by atoms with van der Waals surface area (Å²) < 4.78 is 5.74. The van der Waals surface area contributed by atoms with Crippen LogP contribution in [0.3, 0.4) is 0 Å². The molecular weight excluding hydrogens is 298 g/mol. The van der Waals surface area contributed by atoms with E-state index in [0.29, 0.717) is 17.0 Å². The van der Waals surface area contributed by atoms with Crippen molar-refractivity contribution in [1.29, 1.82) is 0 Å². The Morgan fingerprint density at radius 1 is 1.39 bits per heavy atom. The highest BCUT2D eigenvalue weighted by molar-refractivity contribution is 9.10. The SMILES string of the molecule is O=C(NCC1(CO)CCCCC1)c1ccc(Br)o1. The first kappa shape index (κ1) is 13.6. The number of aliphatic hydroxyl groups is 1. The monoisotopic (exact) mass is 315 g/mol. The van der Waals surface area contributed by atoms with Crippen LogP contribution in [0.25, 0.3) is 0 Å². The van der Waals surface area contributed by atoms with Gasteiger partial charge in [0.25, 0.3) is 5.91 Å². The molecule has 1 saturated carbocycles. The minimum Gasteiger partial charge on any atom is -0.444 e. The van der Waals surface area contributed by atoms with Gasteiger partial charge in [0.2, 0.25) is 0 Å². The number of carbonyl (C=O) groups is 1. The number of amides is 1. The quantitative estimate of drug-likeness (QED) is 0.898. The van der Waals surface area contributed by atoms with E-state index in [0.717, 1.165) is 25.7 Å². The Morgan fingerprint density at radius 3 is 2.67 bits per heavy atom. The summed E-state index contributed by atoms with van der Waals surface area (Å²) in [6, 6.07) is 3.32. The average Bonchev–Trinajstić information content (AvgIpc) is 2.84. The van der Waals surface area contributed by atoms with Crippen molar-refractivity contribution in [3.05, 3.63) is 22.6 Å². The lowest BCUT2D eigenvalue weighted by Gasteiger charge is -2.35. The lowest BCUT2D eigenvalue weighted by molar-refractivity contribution is 0.0703. The van der Waals surface area contributed by atoms with Crippen molar-refractivity contribution >= 4 is 21.8 Å². The average molecular weight is 316 g/mol. The highest BCUT2D eigenvalue weighted by Crippen LogP contribution is 2.35. The third-order valence-corrected chi connectivity index (χ3v) is 4.10. The van der Waals surface area contributed by atoms with Crippen LogP contribution >= 0.6 is 15.9 Å². The summed E-state index contributed by atoms with van der Waals surface area (Å²) in [5.74, 6) is 0.0740. The fourth-order valence-electron chi connectivity index (χ4n) is 2.48. The van der Waals surface area contributed by atoms with E-state index in [2.05, 4.69) is 21.2 Å². The number of rotatable bonds is 4. The highest BCUT2D eigenvalue weighted by Gasteiger charge is 2.32. The lowest BCUT2D eigenvalue weighted by Crippen LogP contribution is -2.41. The van der Waals surface area contributed by atoms with Crippen LogP contribution in [0.5, 0.6) is 0 Å². The molecule has 5 heteroatoms. The van der Waals surface area contributed by atoms with E-state index in [1.807, 2.05) is 0 Å². The van der Waals surface area contributed by atoms with E-state index in [-0.39, 0.29) is 17.9 Å². The maximum Gasteiger partial charge on any atom is 0.287 e. The fourth-order valence-corrected chi connectivity index (χ4v) is 2.79. The minimum atomic E-state index is -0.223. The number of furan rings is 1. The molecule has 0 aromatic carbocycles. The second-order valence-electron chi connectivity index (χ2n) is 5.01. The fraction of sp³-hybridized carbons (Fsp3) is 0.615. The third kappa shape index (κ3) is 3.14. The van der Waals surface area contributed by atoms with Crippen LogP contribution in [-0.4, -0.2) is 24.2 Å². The molecule has 100 valence electrons. The van der Waals surface area contributed by atoms with E-state index in [1.165, 1.54) is 6.42 Å². The van der Waals surface area contributed by atoms with Gasteiger partial charge in [-0.2, -0.15) is 0 Å². The van der Waals surface area contributed by atoms with Crippen molar-refractivity contribution in [1.82, 2.24) is 5.32 Å². The molecule has 1 aliphatic rings. The number of carbonyl (C=O) groups excluding carboxylic acids is 1. The third-order valence-electron chi connectivity index (χ3n) is 3.67. The molecule has 0 atom stereocenters. The number of halogens is 1. The van der Waals surface area contributed by atoms with Crippen molar-refractivity contribution in [3.63, 3.8) is 0 Å². The summed E-state index contributed by atoms with van der Waals surface area (Å²) in [6.45, 7) is 0.649. The van der Waals surface area contributed by atoms with Crippen LogP contribution in [-0.2, 0) is 0 Å². The predicted octanol–water partition coefficient (Wildman–Crippen LogP) is 2.71. The number of hydrogen-bond acceptors (Lipinski definition) is 3. The molecule has 1 aliphatic carbocycles. The van der Waals surface area contributed by atoms with Crippen molar-refractivity contribution < 1.29 is 14.3 Å². The first-order valence-corrected chi connectivity index (χ1v) is 7.09. The van der Waals surface area contributed by atoms with Crippen LogP contribution in [0.4, 0.5) is 0 Å². The largest absolute Gasteiger partial charge is 0.444 e. The second-order valence-corrected chi connectivity index (χ2v) is 5.79. The molecule has 18 heavy (non-hydrogen) atoms. The maximum absolute atomic E-state index is 11.9. The summed E-state index contributed by atoms with van der Waals surface area (Å²) in [5.41, 5.74) is -0.141. The number of nitrogens with one attached hydrogen (secondary N) is 1. The van der Waals surface area contributed by atoms with Crippen LogP contribution < -0.4 is 5.32 Å². The molecule has 2 N–H and O–H groups in total. The van der Waals surface area contributed by atoms with Gasteiger partial charge < -0.3 is 14.8 Å². The highest BCUT2D eigenvalue weighted by atomic mass is 79.9. The molecule has 0 radical (unpaired) electrons. The number of hydrogen-bond donors (Lipinski definition) is 2. The molecule has 2 rings (SSSR count). The van der Waals surface area contributed by atoms with Crippen molar-refractivity contribution in [2.45, 2.75) is 32.1 Å². The Hall–Kier alpha value is -0.810. The van der Waals surface area contributed by atoms with Crippen molar-refractivity contribution in [2.75, 3.05) is 13.2 Å². The van der Waals surface area contributed by atoms with Gasteiger partial charge in [-0.25, -0.2) is 0 Å². The zero-order chi connectivity index (χ0) is 13.0. The van der Waals surface area contributed by atoms with Crippen LogP contribution in [0, 0.1) is 5.41 Å². The van der Waals surface area contributed by atoms with Crippen LogP contribution in [0.15, 0.2) is 21.2 Å². The Kier molecular flexibility index (Phi) is 4.45. The lowest BCUT2D eigenvalue weighted by atomic mass is 9.74. The van der Waals surface area contributed by atoms with Crippen LogP contribution in [0.2, 0.25) is 0 Å². The van der Waals surface area contributed by atoms with Gasteiger partial charge in [-0.15, -0.1) is 0 Å². The van der Waals surface area contributed by atoms with Gasteiger partial charge in [0, 0.05) is 12.0 Å². The summed E-state index contributed by atoms with van der Waals surface area (Å²) >= 11 is 3.17. The van der Waals surface area contributed by atoms with Gasteiger partial charge in [-0.3, -0.25) is 4.79 Å². The molecule has 0 unspecified atom stereocenters. The molecule has 4 nitrogen and oxygen atoms in total. The Morgan fingerprint density at radius 2 is 2.11 bits per heavy atom. The second kappa shape index (κ2) is 5.89. The molecule has 0 saturated heterocycles. The molecule has 0 spiro atoms. The topological polar surface area (TPSA) is 62.5 Å². The Bertz CT molecular complexity index is 410. The maximum atomic E-state index is 11.9. The summed E-state index contributed by atoms with van der Waals surface area (Å²) in [6.07, 6.45) is 5.43. The van der Waals surface area contributed by atoms with Gasteiger partial charge >= 0.3 is 0 Å². The van der Waals surface area contributed by atoms with E-state index in [9.17, 15) is 9.90 Å². The van der Waals surface area contributed by atoms with Crippen molar-refractivity contribution in [2.24, 2.45) is 5.41 Å². The molecule has 0 bridgehead atoms. The first-order valence-electron chi connectivity index (χ1n) is 6.30. The number of aliphatic hydroxyl groups excluding tert-OH is 1. The van der Waals surface area contributed by atoms with E-state index >= 15 is 0 Å². The van der Waals surface area contributed by atoms with Crippen molar-refractivity contribution in [3.8, 4) is 0 Å². The van der Waals surface area contributed by atoms with Gasteiger partial charge in [0.15, 0.2) is 10.4 Å². The molecular formula is C13H18BrNO3. The summed E-state index contributed by atoms with van der Waals surface area (Å²) in [5, 5.41) is 12.4. The van der Waals surface area contributed by atoms with E-state index in [4.69, 9.17) is 4.42 Å². The smallest absolute Gasteiger partial charge is 0.287 e. The Balaban J connectivity index is 1.91. The van der Waals surface area contributed by atoms with Crippen LogP contribution in [0.1, 0.15) is 42.7 Å². The molecule has 1 aromatic heterocycles. The minimum absolute atomic E-state index is 0.134. The summed E-state index contributed by atoms with van der Waals surface area (Å²) in [7, 11) is 0. The zero-order valence-corrected chi connectivity index (χ0v) is 11.8. The molecule has 1 fully saturated rings. The molecule has 1 amide bonds. The first-order chi connectivity index (χ1) is 8.65. The van der Waals surface area contributed by atoms with Gasteiger partial charge in [0.1, 0.15) is 0 Å². The normalized spacial score (nSPS) is 18.6.